The number of carbonyl (C=O) groups excluding carboxylic acids is 2. The Bertz CT molecular complexity index is 613. The number of Topliss-reactive ketones (excluding diaryl/α,β-unsaturated/α-hetero) is 1. The largest absolute Gasteiger partial charge is 0.464 e. The minimum absolute atomic E-state index is 0.107. The predicted molar refractivity (Wildman–Crippen MR) is 71.5 cm³/mol. The van der Waals surface area contributed by atoms with Crippen molar-refractivity contribution in [1.29, 1.82) is 0 Å². The van der Waals surface area contributed by atoms with Crippen LogP contribution in [0.4, 0.5) is 0 Å². The third kappa shape index (κ3) is 2.21. The van der Waals surface area contributed by atoms with Crippen LogP contribution in [0.1, 0.15) is 32.6 Å². The van der Waals surface area contributed by atoms with Crippen molar-refractivity contribution in [1.82, 2.24) is 4.98 Å². The molecular formula is C12H11NO3S2. The summed E-state index contributed by atoms with van der Waals surface area (Å²) in [5, 5.41) is 4.64. The number of carbonyl (C=O) groups is 2. The molecule has 0 aromatic carbocycles. The van der Waals surface area contributed by atoms with Gasteiger partial charge in [0.2, 0.25) is 0 Å². The second-order valence-corrected chi connectivity index (χ2v) is 5.46. The van der Waals surface area contributed by atoms with E-state index in [9.17, 15) is 9.59 Å². The summed E-state index contributed by atoms with van der Waals surface area (Å²) < 4.78 is 4.64. The molecule has 2 rings (SSSR count). The highest BCUT2D eigenvalue weighted by Crippen LogP contribution is 2.32. The number of ether oxygens (including phenoxy) is 1. The van der Waals surface area contributed by atoms with Gasteiger partial charge in [-0.1, -0.05) is 0 Å². The van der Waals surface area contributed by atoms with Gasteiger partial charge < -0.3 is 4.74 Å². The lowest BCUT2D eigenvalue weighted by atomic mass is 10.2. The fourth-order valence-electron chi connectivity index (χ4n) is 1.49. The molecule has 18 heavy (non-hydrogen) atoms. The van der Waals surface area contributed by atoms with E-state index in [1.54, 1.807) is 11.3 Å². The lowest BCUT2D eigenvalue weighted by molar-refractivity contribution is 0.0591. The zero-order chi connectivity index (χ0) is 13.3. The van der Waals surface area contributed by atoms with E-state index in [-0.39, 0.29) is 11.5 Å². The van der Waals surface area contributed by atoms with Crippen LogP contribution >= 0.6 is 22.7 Å². The monoisotopic (exact) mass is 281 g/mol. The van der Waals surface area contributed by atoms with Gasteiger partial charge in [-0.2, -0.15) is 11.3 Å². The molecular weight excluding hydrogens is 270 g/mol. The Morgan fingerprint density at radius 3 is 2.56 bits per heavy atom. The van der Waals surface area contributed by atoms with Crippen LogP contribution in [0.25, 0.3) is 10.6 Å². The van der Waals surface area contributed by atoms with Crippen molar-refractivity contribution in [2.75, 3.05) is 7.11 Å². The molecule has 0 saturated heterocycles. The molecule has 0 N–H and O–H groups in total. The van der Waals surface area contributed by atoms with Crippen molar-refractivity contribution in [3.05, 3.63) is 26.9 Å². The minimum atomic E-state index is -0.574. The van der Waals surface area contributed by atoms with Crippen LogP contribution in [0.3, 0.4) is 0 Å². The number of esters is 1. The number of thiophene rings is 1. The normalized spacial score (nSPS) is 10.4. The molecule has 0 atom stereocenters. The zero-order valence-electron chi connectivity index (χ0n) is 10.1. The molecule has 94 valence electrons. The van der Waals surface area contributed by atoms with Crippen molar-refractivity contribution in [2.45, 2.75) is 13.8 Å². The molecule has 0 amide bonds. The molecule has 2 aromatic heterocycles. The van der Waals surface area contributed by atoms with Crippen LogP contribution in [-0.2, 0) is 4.74 Å². The van der Waals surface area contributed by atoms with Gasteiger partial charge in [-0.25, -0.2) is 9.78 Å². The average molecular weight is 281 g/mol. The summed E-state index contributed by atoms with van der Waals surface area (Å²) in [6.45, 7) is 3.39. The average Bonchev–Trinajstić information content (AvgIpc) is 2.93. The predicted octanol–water partition coefficient (Wildman–Crippen LogP) is 3.17. The van der Waals surface area contributed by atoms with Gasteiger partial charge in [0.05, 0.1) is 7.11 Å². The maximum atomic E-state index is 11.6. The van der Waals surface area contributed by atoms with Crippen molar-refractivity contribution >= 4 is 34.4 Å². The molecule has 0 saturated carbocycles. The zero-order valence-corrected chi connectivity index (χ0v) is 11.8. The number of nitrogens with zero attached hydrogens (tertiary/aromatic N) is 1. The lowest BCUT2D eigenvalue weighted by Gasteiger charge is -1.95. The Morgan fingerprint density at radius 2 is 2.06 bits per heavy atom. The van der Waals surface area contributed by atoms with Crippen LogP contribution in [-0.4, -0.2) is 23.8 Å². The van der Waals surface area contributed by atoms with E-state index >= 15 is 0 Å². The van der Waals surface area contributed by atoms with Gasteiger partial charge in [0.1, 0.15) is 9.88 Å². The summed E-state index contributed by atoms with van der Waals surface area (Å²) in [5.74, 6) is -0.748. The Labute approximate surface area is 112 Å². The Kier molecular flexibility index (Phi) is 3.58. The van der Waals surface area contributed by atoms with Crippen LogP contribution in [0.5, 0.6) is 0 Å². The Hall–Kier alpha value is -1.53. The standard InChI is InChI=1S/C12H11NO3S2/c1-6-4-17-5-8(6)11-13-9(12(15)16-3)10(18-11)7(2)14/h4-5H,1-3H3. The van der Waals surface area contributed by atoms with Gasteiger partial charge in [0.15, 0.2) is 11.5 Å². The van der Waals surface area contributed by atoms with Crippen molar-refractivity contribution in [3.63, 3.8) is 0 Å². The number of thiazole rings is 1. The van der Waals surface area contributed by atoms with E-state index < -0.39 is 5.97 Å². The number of rotatable bonds is 3. The first-order valence-electron chi connectivity index (χ1n) is 5.17. The maximum absolute atomic E-state index is 11.6. The van der Waals surface area contributed by atoms with E-state index in [4.69, 9.17) is 0 Å². The SMILES string of the molecule is COC(=O)c1nc(-c2cscc2C)sc1C(C)=O. The number of hydrogen-bond donors (Lipinski definition) is 0. The molecule has 0 unspecified atom stereocenters. The van der Waals surface area contributed by atoms with Crippen LogP contribution in [0, 0.1) is 6.92 Å². The van der Waals surface area contributed by atoms with E-state index in [2.05, 4.69) is 9.72 Å². The number of ketones is 1. The summed E-state index contributed by atoms with van der Waals surface area (Å²) in [6.07, 6.45) is 0. The van der Waals surface area contributed by atoms with Gasteiger partial charge in [0.25, 0.3) is 0 Å². The summed E-state index contributed by atoms with van der Waals surface area (Å²) >= 11 is 2.79. The summed E-state index contributed by atoms with van der Waals surface area (Å²) in [7, 11) is 1.28. The van der Waals surface area contributed by atoms with Gasteiger partial charge >= 0.3 is 5.97 Å². The first-order chi connectivity index (χ1) is 8.54. The van der Waals surface area contributed by atoms with Crippen molar-refractivity contribution in [3.8, 4) is 10.6 Å². The van der Waals surface area contributed by atoms with E-state index in [1.807, 2.05) is 17.7 Å². The maximum Gasteiger partial charge on any atom is 0.358 e. The van der Waals surface area contributed by atoms with Gasteiger partial charge in [-0.05, 0) is 17.9 Å². The summed E-state index contributed by atoms with van der Waals surface area (Å²) in [6, 6.07) is 0. The second-order valence-electron chi connectivity index (χ2n) is 3.71. The molecule has 2 heterocycles. The van der Waals surface area contributed by atoms with Crippen LogP contribution in [0.2, 0.25) is 0 Å². The highest BCUT2D eigenvalue weighted by Gasteiger charge is 2.22. The van der Waals surface area contributed by atoms with E-state index in [0.717, 1.165) is 11.1 Å². The second kappa shape index (κ2) is 4.99. The highest BCUT2D eigenvalue weighted by atomic mass is 32.1. The molecule has 0 bridgehead atoms. The Balaban J connectivity index is 2.56. The van der Waals surface area contributed by atoms with Gasteiger partial charge in [0, 0.05) is 17.9 Å². The number of hydrogen-bond acceptors (Lipinski definition) is 6. The lowest BCUT2D eigenvalue weighted by Crippen LogP contribution is -2.06. The number of aryl methyl sites for hydroxylation is 1. The minimum Gasteiger partial charge on any atom is -0.464 e. The first kappa shape index (κ1) is 12.9. The fraction of sp³-hybridized carbons (Fsp3) is 0.250. The number of methoxy groups -OCH3 is 1. The third-order valence-corrected chi connectivity index (χ3v) is 4.46. The highest BCUT2D eigenvalue weighted by molar-refractivity contribution is 7.17. The molecule has 0 aliphatic rings. The quantitative estimate of drug-likeness (QED) is 0.640. The topological polar surface area (TPSA) is 56.3 Å². The third-order valence-electron chi connectivity index (χ3n) is 2.41. The van der Waals surface area contributed by atoms with E-state index in [0.29, 0.717) is 9.88 Å². The number of aromatic nitrogens is 1. The molecule has 4 nitrogen and oxygen atoms in total. The van der Waals surface area contributed by atoms with Crippen LogP contribution in [0.15, 0.2) is 10.8 Å². The fourth-order valence-corrected chi connectivity index (χ4v) is 3.43. The van der Waals surface area contributed by atoms with Crippen LogP contribution < -0.4 is 0 Å². The molecule has 0 spiro atoms. The Morgan fingerprint density at radius 1 is 1.33 bits per heavy atom. The summed E-state index contributed by atoms with van der Waals surface area (Å²) in [4.78, 5) is 27.7. The molecule has 0 fully saturated rings. The molecule has 2 aromatic rings. The molecule has 0 aliphatic carbocycles. The molecule has 0 aliphatic heterocycles. The smallest absolute Gasteiger partial charge is 0.358 e. The molecule has 0 radical (unpaired) electrons. The first-order valence-corrected chi connectivity index (χ1v) is 6.93. The van der Waals surface area contributed by atoms with Crippen molar-refractivity contribution in [2.24, 2.45) is 0 Å². The van der Waals surface area contributed by atoms with Crippen molar-refractivity contribution < 1.29 is 14.3 Å². The van der Waals surface area contributed by atoms with Gasteiger partial charge in [-0.3, -0.25) is 4.79 Å². The summed E-state index contributed by atoms with van der Waals surface area (Å²) in [5.41, 5.74) is 2.15. The molecule has 6 heteroatoms. The van der Waals surface area contributed by atoms with E-state index in [1.165, 1.54) is 25.4 Å². The van der Waals surface area contributed by atoms with Gasteiger partial charge in [-0.15, -0.1) is 11.3 Å².